The van der Waals surface area contributed by atoms with Crippen LogP contribution in [0.15, 0.2) is 24.3 Å². The molecular weight excluding hydrogens is 302 g/mol. The Morgan fingerprint density at radius 2 is 1.58 bits per heavy atom. The summed E-state index contributed by atoms with van der Waals surface area (Å²) >= 11 is 0. The second-order valence-corrected chi connectivity index (χ2v) is 7.89. The number of hydrogen-bond donors (Lipinski definition) is 1. The van der Waals surface area contributed by atoms with Gasteiger partial charge in [0.25, 0.3) is 5.91 Å². The van der Waals surface area contributed by atoms with Crippen molar-refractivity contribution in [1.29, 1.82) is 0 Å². The summed E-state index contributed by atoms with van der Waals surface area (Å²) in [6, 6.07) is 7.30. The van der Waals surface area contributed by atoms with Crippen molar-refractivity contribution in [3.8, 4) is 5.75 Å². The number of Topliss-reactive ketones (excluding diaryl/α,β-unsaturated/α-hetero) is 1. The molecule has 0 heterocycles. The van der Waals surface area contributed by atoms with Crippen molar-refractivity contribution in [3.63, 3.8) is 0 Å². The minimum atomic E-state index is -0.0249. The van der Waals surface area contributed by atoms with Crippen LogP contribution in [0.3, 0.4) is 0 Å². The van der Waals surface area contributed by atoms with Crippen LogP contribution >= 0.6 is 0 Å². The third-order valence-corrected chi connectivity index (χ3v) is 6.19. The molecule has 0 radical (unpaired) electrons. The van der Waals surface area contributed by atoms with Crippen LogP contribution in [0.4, 0.5) is 0 Å². The highest BCUT2D eigenvalue weighted by Crippen LogP contribution is 2.53. The number of hydrogen-bond acceptors (Lipinski definition) is 3. The molecule has 0 aromatic heterocycles. The standard InChI is InChI=1S/C20H25NO3/c1-12(22)15-2-4-18(5-3-15)24-11-19(23)21-20-16-7-13-6-14(9-16)10-17(20)8-13/h2-5,13-14,16-17,20H,6-11H2,1H3,(H,21,23). The maximum Gasteiger partial charge on any atom is 0.258 e. The van der Waals surface area contributed by atoms with Gasteiger partial charge in [-0.05, 0) is 87.0 Å². The number of amides is 1. The van der Waals surface area contributed by atoms with E-state index in [1.54, 1.807) is 24.3 Å². The molecule has 24 heavy (non-hydrogen) atoms. The number of benzene rings is 1. The van der Waals surface area contributed by atoms with E-state index in [2.05, 4.69) is 5.32 Å². The van der Waals surface area contributed by atoms with E-state index >= 15 is 0 Å². The molecule has 4 fully saturated rings. The second-order valence-electron chi connectivity index (χ2n) is 7.89. The van der Waals surface area contributed by atoms with Crippen molar-refractivity contribution in [2.75, 3.05) is 6.61 Å². The molecule has 0 aliphatic heterocycles. The maximum atomic E-state index is 12.3. The van der Waals surface area contributed by atoms with Gasteiger partial charge in [0.2, 0.25) is 0 Å². The molecule has 0 atom stereocenters. The number of rotatable bonds is 5. The Kier molecular flexibility index (Phi) is 4.07. The van der Waals surface area contributed by atoms with E-state index in [-0.39, 0.29) is 18.3 Å². The summed E-state index contributed by atoms with van der Waals surface area (Å²) < 4.78 is 5.57. The van der Waals surface area contributed by atoms with Gasteiger partial charge in [0.05, 0.1) is 0 Å². The summed E-state index contributed by atoms with van der Waals surface area (Å²) in [5, 5.41) is 3.24. The Bertz CT molecular complexity index is 609. The molecule has 4 nitrogen and oxygen atoms in total. The highest BCUT2D eigenvalue weighted by atomic mass is 16.5. The smallest absolute Gasteiger partial charge is 0.258 e. The van der Waals surface area contributed by atoms with E-state index in [9.17, 15) is 9.59 Å². The highest BCUT2D eigenvalue weighted by Gasteiger charge is 2.48. The Morgan fingerprint density at radius 3 is 2.12 bits per heavy atom. The summed E-state index contributed by atoms with van der Waals surface area (Å²) in [5.41, 5.74) is 0.653. The van der Waals surface area contributed by atoms with Gasteiger partial charge in [-0.25, -0.2) is 0 Å². The fraction of sp³-hybridized carbons (Fsp3) is 0.600. The molecule has 1 aromatic carbocycles. The van der Waals surface area contributed by atoms with Crippen molar-refractivity contribution in [2.24, 2.45) is 23.7 Å². The van der Waals surface area contributed by atoms with E-state index in [1.807, 2.05) is 0 Å². The minimum absolute atomic E-state index is 0.0249. The van der Waals surface area contributed by atoms with E-state index in [0.717, 1.165) is 11.8 Å². The molecule has 4 aliphatic rings. The highest BCUT2D eigenvalue weighted by molar-refractivity contribution is 5.94. The predicted molar refractivity (Wildman–Crippen MR) is 90.9 cm³/mol. The largest absolute Gasteiger partial charge is 0.484 e. The monoisotopic (exact) mass is 327 g/mol. The quantitative estimate of drug-likeness (QED) is 0.845. The van der Waals surface area contributed by atoms with Crippen LogP contribution in [-0.2, 0) is 4.79 Å². The molecule has 5 rings (SSSR count). The molecule has 0 saturated heterocycles. The number of ether oxygens (including phenoxy) is 1. The summed E-state index contributed by atoms with van der Waals surface area (Å²) in [4.78, 5) is 23.6. The lowest BCUT2D eigenvalue weighted by Gasteiger charge is -2.54. The number of carbonyl (C=O) groups is 2. The average Bonchev–Trinajstić information content (AvgIpc) is 2.56. The molecule has 1 amide bonds. The van der Waals surface area contributed by atoms with Crippen LogP contribution in [-0.4, -0.2) is 24.3 Å². The van der Waals surface area contributed by atoms with Crippen LogP contribution in [0.5, 0.6) is 5.75 Å². The van der Waals surface area contributed by atoms with Gasteiger partial charge < -0.3 is 10.1 Å². The van der Waals surface area contributed by atoms with Crippen molar-refractivity contribution in [2.45, 2.75) is 45.1 Å². The van der Waals surface area contributed by atoms with Gasteiger partial charge in [-0.1, -0.05) is 0 Å². The second kappa shape index (κ2) is 6.23. The van der Waals surface area contributed by atoms with Crippen LogP contribution < -0.4 is 10.1 Å². The maximum absolute atomic E-state index is 12.3. The lowest BCUT2D eigenvalue weighted by molar-refractivity contribution is -0.127. The van der Waals surface area contributed by atoms with E-state index < -0.39 is 0 Å². The van der Waals surface area contributed by atoms with Crippen molar-refractivity contribution in [1.82, 2.24) is 5.32 Å². The van der Waals surface area contributed by atoms with Gasteiger partial charge in [-0.2, -0.15) is 0 Å². The minimum Gasteiger partial charge on any atom is -0.484 e. The predicted octanol–water partition coefficient (Wildman–Crippen LogP) is 3.21. The van der Waals surface area contributed by atoms with Crippen LogP contribution in [0, 0.1) is 23.7 Å². The third kappa shape index (κ3) is 3.06. The summed E-state index contributed by atoms with van der Waals surface area (Å²) in [7, 11) is 0. The van der Waals surface area contributed by atoms with Gasteiger partial charge in [-0.3, -0.25) is 9.59 Å². The number of carbonyl (C=O) groups excluding carboxylic acids is 2. The van der Waals surface area contributed by atoms with Crippen LogP contribution in [0.2, 0.25) is 0 Å². The van der Waals surface area contributed by atoms with Gasteiger partial charge >= 0.3 is 0 Å². The van der Waals surface area contributed by atoms with E-state index in [1.165, 1.54) is 39.0 Å². The number of nitrogens with one attached hydrogen (secondary N) is 1. The molecule has 4 heteroatoms. The Morgan fingerprint density at radius 1 is 1.00 bits per heavy atom. The fourth-order valence-corrected chi connectivity index (χ4v) is 5.32. The first kappa shape index (κ1) is 15.7. The van der Waals surface area contributed by atoms with Gasteiger partial charge in [-0.15, -0.1) is 0 Å². The van der Waals surface area contributed by atoms with Gasteiger partial charge in [0.1, 0.15) is 5.75 Å². The molecule has 1 N–H and O–H groups in total. The number of ketones is 1. The van der Waals surface area contributed by atoms with Crippen molar-refractivity contribution < 1.29 is 14.3 Å². The zero-order valence-corrected chi connectivity index (χ0v) is 14.2. The zero-order chi connectivity index (χ0) is 16.7. The lowest BCUT2D eigenvalue weighted by Crippen LogP contribution is -2.56. The topological polar surface area (TPSA) is 55.4 Å². The lowest BCUT2D eigenvalue weighted by atomic mass is 9.54. The van der Waals surface area contributed by atoms with Gasteiger partial charge in [0.15, 0.2) is 12.4 Å². The molecule has 128 valence electrons. The molecule has 0 unspecified atom stereocenters. The van der Waals surface area contributed by atoms with E-state index in [0.29, 0.717) is 29.2 Å². The fourth-order valence-electron chi connectivity index (χ4n) is 5.32. The summed E-state index contributed by atoms with van der Waals surface area (Å²) in [5.74, 6) is 3.82. The summed E-state index contributed by atoms with van der Waals surface area (Å²) in [6.07, 6.45) is 6.61. The average molecular weight is 327 g/mol. The molecule has 4 saturated carbocycles. The normalized spacial score (nSPS) is 33.3. The van der Waals surface area contributed by atoms with E-state index in [4.69, 9.17) is 4.74 Å². The summed E-state index contributed by atoms with van der Waals surface area (Å²) in [6.45, 7) is 1.58. The first-order valence-electron chi connectivity index (χ1n) is 9.11. The molecule has 4 bridgehead atoms. The van der Waals surface area contributed by atoms with Gasteiger partial charge in [0, 0.05) is 11.6 Å². The Labute approximate surface area is 143 Å². The first-order valence-corrected chi connectivity index (χ1v) is 9.11. The first-order chi connectivity index (χ1) is 11.6. The van der Waals surface area contributed by atoms with Crippen LogP contribution in [0.25, 0.3) is 0 Å². The molecule has 0 spiro atoms. The molecule has 1 aromatic rings. The molecule has 4 aliphatic carbocycles. The zero-order valence-electron chi connectivity index (χ0n) is 14.2. The van der Waals surface area contributed by atoms with Crippen molar-refractivity contribution in [3.05, 3.63) is 29.8 Å². The Hall–Kier alpha value is -1.84. The van der Waals surface area contributed by atoms with Crippen molar-refractivity contribution >= 4 is 11.7 Å². The third-order valence-electron chi connectivity index (χ3n) is 6.19. The SMILES string of the molecule is CC(=O)c1ccc(OCC(=O)NC2C3CC4CC(C3)CC2C4)cc1. The van der Waals surface area contributed by atoms with Crippen LogP contribution in [0.1, 0.15) is 49.4 Å². The molecular formula is C20H25NO3. The Balaban J connectivity index is 1.30.